The molecule has 1 aliphatic heterocycles. The third-order valence-corrected chi connectivity index (χ3v) is 7.69. The van der Waals surface area contributed by atoms with E-state index < -0.39 is 23.3 Å². The highest BCUT2D eigenvalue weighted by atomic mass is 19.1. The number of hydrogen-bond donors (Lipinski definition) is 2. The van der Waals surface area contributed by atoms with E-state index in [4.69, 9.17) is 0 Å². The van der Waals surface area contributed by atoms with Crippen LogP contribution in [0.25, 0.3) is 5.69 Å². The molecule has 1 saturated heterocycles. The van der Waals surface area contributed by atoms with Gasteiger partial charge in [-0.1, -0.05) is 33.3 Å². The third kappa shape index (κ3) is 4.56. The Morgan fingerprint density at radius 2 is 2.03 bits per heavy atom. The molecule has 2 fully saturated rings. The zero-order chi connectivity index (χ0) is 24.5. The smallest absolute Gasteiger partial charge is 0.325 e. The molecule has 34 heavy (non-hydrogen) atoms. The van der Waals surface area contributed by atoms with Crippen LogP contribution >= 0.6 is 0 Å². The highest BCUT2D eigenvalue weighted by Crippen LogP contribution is 2.45. The molecule has 8 nitrogen and oxygen atoms in total. The largest absolute Gasteiger partial charge is 0.350 e. The summed E-state index contributed by atoms with van der Waals surface area (Å²) in [5.41, 5.74) is 0.224. The normalized spacial score (nSPS) is 22.8. The first kappa shape index (κ1) is 23.9. The molecule has 0 radical (unpaired) electrons. The van der Waals surface area contributed by atoms with Crippen molar-refractivity contribution in [2.24, 2.45) is 11.3 Å². The topological polar surface area (TPSA) is 96.3 Å². The van der Waals surface area contributed by atoms with Crippen molar-refractivity contribution >= 4 is 17.8 Å². The van der Waals surface area contributed by atoms with Crippen molar-refractivity contribution in [1.29, 1.82) is 0 Å². The number of aromatic nitrogens is 2. The van der Waals surface area contributed by atoms with Crippen molar-refractivity contribution in [3.63, 3.8) is 0 Å². The number of carbonyl (C=O) groups is 3. The molecule has 1 saturated carbocycles. The van der Waals surface area contributed by atoms with E-state index in [1.165, 1.54) is 12.4 Å². The number of nitrogens with one attached hydrogen (secondary N) is 2. The van der Waals surface area contributed by atoms with Gasteiger partial charge in [-0.05, 0) is 54.7 Å². The first-order valence-electron chi connectivity index (χ1n) is 11.8. The van der Waals surface area contributed by atoms with Gasteiger partial charge in [0.25, 0.3) is 5.91 Å². The average molecular weight is 470 g/mol. The van der Waals surface area contributed by atoms with E-state index in [1.54, 1.807) is 29.1 Å². The van der Waals surface area contributed by atoms with Gasteiger partial charge in [-0.2, -0.15) is 0 Å². The van der Waals surface area contributed by atoms with Crippen LogP contribution in [0.4, 0.5) is 9.18 Å². The van der Waals surface area contributed by atoms with Crippen LogP contribution < -0.4 is 10.6 Å². The minimum Gasteiger partial charge on any atom is -0.350 e. The van der Waals surface area contributed by atoms with Gasteiger partial charge in [-0.3, -0.25) is 14.5 Å². The van der Waals surface area contributed by atoms with Crippen LogP contribution in [0.15, 0.2) is 36.9 Å². The molecule has 2 aromatic rings. The van der Waals surface area contributed by atoms with Crippen LogP contribution in [-0.2, 0) is 16.1 Å². The second kappa shape index (κ2) is 9.19. The first-order chi connectivity index (χ1) is 16.1. The van der Waals surface area contributed by atoms with Crippen molar-refractivity contribution in [3.8, 4) is 5.69 Å². The number of imide groups is 1. The molecule has 0 atom stereocenters. The highest BCUT2D eigenvalue weighted by Gasteiger charge is 2.53. The molecule has 1 spiro atoms. The fraction of sp³-hybridized carbons (Fsp3) is 0.520. The minimum absolute atomic E-state index is 0.0858. The zero-order valence-corrected chi connectivity index (χ0v) is 19.9. The Labute approximate surface area is 198 Å². The number of amides is 4. The van der Waals surface area contributed by atoms with Gasteiger partial charge < -0.3 is 15.2 Å². The van der Waals surface area contributed by atoms with Gasteiger partial charge >= 0.3 is 6.03 Å². The van der Waals surface area contributed by atoms with Crippen molar-refractivity contribution < 1.29 is 18.8 Å². The Morgan fingerprint density at radius 3 is 2.65 bits per heavy atom. The van der Waals surface area contributed by atoms with Gasteiger partial charge in [0, 0.05) is 18.9 Å². The van der Waals surface area contributed by atoms with Gasteiger partial charge in [0.15, 0.2) is 0 Å². The van der Waals surface area contributed by atoms with Crippen LogP contribution in [0.2, 0.25) is 0 Å². The second-order valence-electron chi connectivity index (χ2n) is 10.1. The lowest BCUT2D eigenvalue weighted by atomic mass is 9.65. The number of halogens is 1. The summed E-state index contributed by atoms with van der Waals surface area (Å²) in [4.78, 5) is 43.1. The molecule has 1 aromatic heterocycles. The maximum Gasteiger partial charge on any atom is 0.325 e. The van der Waals surface area contributed by atoms with Crippen LogP contribution in [0.3, 0.4) is 0 Å². The molecular formula is C25H32FN5O3. The minimum atomic E-state index is -0.899. The molecular weight excluding hydrogens is 437 g/mol. The molecule has 9 heteroatoms. The number of benzene rings is 1. The van der Waals surface area contributed by atoms with Gasteiger partial charge in [0.05, 0.1) is 12.0 Å². The molecule has 0 unspecified atom stereocenters. The lowest BCUT2D eigenvalue weighted by Crippen LogP contribution is -2.51. The zero-order valence-electron chi connectivity index (χ0n) is 19.9. The summed E-state index contributed by atoms with van der Waals surface area (Å²) in [6, 6.07) is 4.13. The average Bonchev–Trinajstić information content (AvgIpc) is 3.42. The van der Waals surface area contributed by atoms with Gasteiger partial charge in [-0.25, -0.2) is 14.2 Å². The second-order valence-corrected chi connectivity index (χ2v) is 10.1. The SMILES string of the molecule is CCC(C)(C)C1CCC2(CC1)NC(=O)N(CC(=O)NCc1ccc(-n3ccnc3)c(F)c1)C2=O. The predicted molar refractivity (Wildman–Crippen MR) is 124 cm³/mol. The van der Waals surface area contributed by atoms with E-state index in [9.17, 15) is 18.8 Å². The molecule has 2 aliphatic rings. The standard InChI is InChI=1S/C25H32FN5O3/c1-4-24(2,3)18-7-9-25(10-8-18)22(33)31(23(34)29-25)15-21(32)28-14-17-5-6-20(19(26)13-17)30-12-11-27-16-30/h5-6,11-13,16,18H,4,7-10,14-15H2,1-3H3,(H,28,32)(H,29,34). The van der Waals surface area contributed by atoms with Gasteiger partial charge in [0.2, 0.25) is 5.91 Å². The van der Waals surface area contributed by atoms with Crippen LogP contribution in [0, 0.1) is 17.2 Å². The van der Waals surface area contributed by atoms with Crippen molar-refractivity contribution in [3.05, 3.63) is 48.3 Å². The summed E-state index contributed by atoms with van der Waals surface area (Å²) in [7, 11) is 0. The van der Waals surface area contributed by atoms with Crippen LogP contribution in [0.5, 0.6) is 0 Å². The molecule has 2 N–H and O–H groups in total. The molecule has 4 rings (SSSR count). The van der Waals surface area contributed by atoms with Crippen molar-refractivity contribution in [1.82, 2.24) is 25.1 Å². The number of urea groups is 1. The quantitative estimate of drug-likeness (QED) is 0.606. The Hall–Kier alpha value is -3.23. The van der Waals surface area contributed by atoms with E-state index in [2.05, 4.69) is 36.4 Å². The van der Waals surface area contributed by atoms with Gasteiger partial charge in [-0.15, -0.1) is 0 Å². The Balaban J connectivity index is 1.33. The van der Waals surface area contributed by atoms with Gasteiger partial charge in [0.1, 0.15) is 17.9 Å². The van der Waals surface area contributed by atoms with E-state index >= 15 is 0 Å². The predicted octanol–water partition coefficient (Wildman–Crippen LogP) is 3.54. The van der Waals surface area contributed by atoms with Crippen molar-refractivity contribution in [2.45, 2.75) is 65.0 Å². The lowest BCUT2D eigenvalue weighted by molar-refractivity contribution is -0.136. The van der Waals surface area contributed by atoms with Crippen LogP contribution in [-0.4, -0.2) is 44.4 Å². The number of carbonyl (C=O) groups excluding carboxylic acids is 3. The van der Waals surface area contributed by atoms with Crippen molar-refractivity contribution in [2.75, 3.05) is 6.54 Å². The van der Waals surface area contributed by atoms with E-state index in [0.717, 1.165) is 24.2 Å². The maximum atomic E-state index is 14.4. The summed E-state index contributed by atoms with van der Waals surface area (Å²) in [6.45, 7) is 6.40. The Morgan fingerprint density at radius 1 is 1.29 bits per heavy atom. The number of imidazole rings is 1. The monoisotopic (exact) mass is 469 g/mol. The fourth-order valence-electron chi connectivity index (χ4n) is 5.01. The summed E-state index contributed by atoms with van der Waals surface area (Å²) >= 11 is 0. The molecule has 2 heterocycles. The summed E-state index contributed by atoms with van der Waals surface area (Å²) in [6.07, 6.45) is 8.68. The number of hydrogen-bond acceptors (Lipinski definition) is 4. The van der Waals surface area contributed by atoms with Crippen LogP contribution in [0.1, 0.15) is 58.4 Å². The summed E-state index contributed by atoms with van der Waals surface area (Å²) in [5, 5.41) is 5.54. The molecule has 0 bridgehead atoms. The maximum absolute atomic E-state index is 14.4. The Kier molecular flexibility index (Phi) is 6.47. The Bertz CT molecular complexity index is 1070. The lowest BCUT2D eigenvalue weighted by Gasteiger charge is -2.42. The summed E-state index contributed by atoms with van der Waals surface area (Å²) < 4.78 is 16.0. The molecule has 1 aromatic carbocycles. The molecule has 182 valence electrons. The summed E-state index contributed by atoms with van der Waals surface area (Å²) in [5.74, 6) is -0.732. The molecule has 1 aliphatic carbocycles. The molecule has 4 amide bonds. The fourth-order valence-corrected chi connectivity index (χ4v) is 5.01. The third-order valence-electron chi connectivity index (χ3n) is 7.69. The number of nitrogens with zero attached hydrogens (tertiary/aromatic N) is 3. The van der Waals surface area contributed by atoms with E-state index in [-0.39, 0.29) is 24.4 Å². The van der Waals surface area contributed by atoms with E-state index in [1.807, 2.05) is 0 Å². The number of rotatable bonds is 7. The first-order valence-corrected chi connectivity index (χ1v) is 11.8. The van der Waals surface area contributed by atoms with E-state index in [0.29, 0.717) is 30.0 Å². The highest BCUT2D eigenvalue weighted by molar-refractivity contribution is 6.09.